The largest absolute Gasteiger partial charge is 0.490 e. The van der Waals surface area contributed by atoms with Crippen molar-refractivity contribution >= 4 is 0 Å². The van der Waals surface area contributed by atoms with Crippen molar-refractivity contribution in [2.75, 3.05) is 13.2 Å². The summed E-state index contributed by atoms with van der Waals surface area (Å²) in [5, 5.41) is 0. The van der Waals surface area contributed by atoms with Crippen molar-refractivity contribution in [1.82, 2.24) is 0 Å². The van der Waals surface area contributed by atoms with E-state index in [1.165, 1.54) is 47.9 Å². The van der Waals surface area contributed by atoms with Crippen molar-refractivity contribution in [3.05, 3.63) is 95.1 Å². The number of benzene rings is 3. The third-order valence-electron chi connectivity index (χ3n) is 5.59. The van der Waals surface area contributed by atoms with E-state index >= 15 is 0 Å². The molecule has 0 fully saturated rings. The second-order valence-electron chi connectivity index (χ2n) is 8.52. The van der Waals surface area contributed by atoms with E-state index in [9.17, 15) is 0 Å². The van der Waals surface area contributed by atoms with E-state index in [0.29, 0.717) is 6.61 Å². The molecule has 0 radical (unpaired) electrons. The van der Waals surface area contributed by atoms with Crippen LogP contribution in [-0.4, -0.2) is 13.2 Å². The molecule has 0 heterocycles. The van der Waals surface area contributed by atoms with E-state index in [0.717, 1.165) is 37.4 Å². The molecule has 3 aromatic rings. The molecule has 0 bridgehead atoms. The maximum absolute atomic E-state index is 5.51. The summed E-state index contributed by atoms with van der Waals surface area (Å²) in [6, 6.07) is 25.4. The SMILES string of the molecule is CCCOc1ccccc1OCC.CCCc1ccc(CCC)cc1.CCc1ccccc1CC. The molecule has 192 valence electrons. The zero-order chi connectivity index (χ0) is 25.7. The Balaban J connectivity index is 0.000000265. The number of ether oxygens (including phenoxy) is 2. The molecule has 0 spiro atoms. The monoisotopic (exact) mass is 476 g/mol. The minimum Gasteiger partial charge on any atom is -0.490 e. The first-order chi connectivity index (χ1) is 17.1. The highest BCUT2D eigenvalue weighted by Crippen LogP contribution is 2.26. The van der Waals surface area contributed by atoms with Gasteiger partial charge in [0.25, 0.3) is 0 Å². The van der Waals surface area contributed by atoms with Gasteiger partial charge in [-0.3, -0.25) is 0 Å². The third kappa shape index (κ3) is 12.5. The second-order valence-corrected chi connectivity index (χ2v) is 8.52. The van der Waals surface area contributed by atoms with Gasteiger partial charge in [-0.05, 0) is 73.4 Å². The summed E-state index contributed by atoms with van der Waals surface area (Å²) in [4.78, 5) is 0. The molecule has 0 N–H and O–H groups in total. The molecule has 0 aromatic heterocycles. The zero-order valence-electron chi connectivity index (χ0n) is 23.1. The number of rotatable bonds is 11. The molecular weight excluding hydrogens is 428 g/mol. The standard InChI is InChI=1S/C12H18.C11H16O2.C10H14/c1-3-5-11-7-9-12(6-4-2)10-8-11;1-3-9-13-11-8-6-5-7-10(11)12-4-2;1-3-9-7-5-6-8-10(9)4-2/h7-10H,3-6H2,1-2H3;5-8H,3-4,9H2,1-2H3;5-8H,3-4H2,1-2H3. The Morgan fingerprint density at radius 1 is 0.486 bits per heavy atom. The minimum atomic E-state index is 0.673. The smallest absolute Gasteiger partial charge is 0.161 e. The fraction of sp³-hybridized carbons (Fsp3) is 0.455. The summed E-state index contributed by atoms with van der Waals surface area (Å²) in [5.74, 6) is 1.67. The Labute approximate surface area is 215 Å². The van der Waals surface area contributed by atoms with Crippen LogP contribution in [0.25, 0.3) is 0 Å². The molecule has 0 atom stereocenters. The highest BCUT2D eigenvalue weighted by molar-refractivity contribution is 5.39. The molecule has 0 saturated carbocycles. The van der Waals surface area contributed by atoms with E-state index in [-0.39, 0.29) is 0 Å². The summed E-state index contributed by atoms with van der Waals surface area (Å²) in [6.45, 7) is 14.3. The Hall–Kier alpha value is -2.74. The van der Waals surface area contributed by atoms with Crippen molar-refractivity contribution in [3.8, 4) is 11.5 Å². The Morgan fingerprint density at radius 3 is 1.29 bits per heavy atom. The van der Waals surface area contributed by atoms with Crippen molar-refractivity contribution in [2.24, 2.45) is 0 Å². The predicted octanol–water partition coefficient (Wildman–Crippen LogP) is 9.28. The van der Waals surface area contributed by atoms with Gasteiger partial charge in [0, 0.05) is 0 Å². The molecule has 0 aliphatic carbocycles. The van der Waals surface area contributed by atoms with E-state index in [1.54, 1.807) is 0 Å². The van der Waals surface area contributed by atoms with E-state index < -0.39 is 0 Å². The third-order valence-corrected chi connectivity index (χ3v) is 5.59. The molecular formula is C33H48O2. The molecule has 2 heteroatoms. The fourth-order valence-electron chi connectivity index (χ4n) is 3.75. The topological polar surface area (TPSA) is 18.5 Å². The molecule has 0 saturated heterocycles. The Kier molecular flexibility index (Phi) is 16.9. The Morgan fingerprint density at radius 2 is 0.914 bits per heavy atom. The highest BCUT2D eigenvalue weighted by Gasteiger charge is 2.01. The molecule has 0 aliphatic rings. The Bertz CT molecular complexity index is 851. The molecule has 0 aliphatic heterocycles. The number of hydrogen-bond acceptors (Lipinski definition) is 2. The average molecular weight is 477 g/mol. The van der Waals surface area contributed by atoms with Gasteiger partial charge in [0.2, 0.25) is 0 Å². The normalized spacial score (nSPS) is 9.89. The van der Waals surface area contributed by atoms with Gasteiger partial charge in [0.05, 0.1) is 13.2 Å². The summed E-state index contributed by atoms with van der Waals surface area (Å²) in [7, 11) is 0. The van der Waals surface area contributed by atoms with Gasteiger partial charge in [0.1, 0.15) is 0 Å². The molecule has 3 rings (SSSR count). The van der Waals surface area contributed by atoms with Crippen LogP contribution in [0.15, 0.2) is 72.8 Å². The van der Waals surface area contributed by atoms with Crippen LogP contribution in [0.5, 0.6) is 11.5 Å². The number of para-hydroxylation sites is 2. The van der Waals surface area contributed by atoms with Crippen molar-refractivity contribution in [3.63, 3.8) is 0 Å². The van der Waals surface area contributed by atoms with Gasteiger partial charge in [-0.25, -0.2) is 0 Å². The first-order valence-corrected chi connectivity index (χ1v) is 13.6. The number of hydrogen-bond donors (Lipinski definition) is 0. The summed E-state index contributed by atoms with van der Waals surface area (Å²) in [5.41, 5.74) is 5.92. The van der Waals surface area contributed by atoms with Crippen LogP contribution in [0.1, 0.15) is 83.1 Å². The summed E-state index contributed by atoms with van der Waals surface area (Å²) in [6.07, 6.45) is 8.24. The molecule has 2 nitrogen and oxygen atoms in total. The molecule has 35 heavy (non-hydrogen) atoms. The van der Waals surface area contributed by atoms with Crippen LogP contribution in [0, 0.1) is 0 Å². The van der Waals surface area contributed by atoms with Crippen molar-refractivity contribution in [1.29, 1.82) is 0 Å². The average Bonchev–Trinajstić information content (AvgIpc) is 2.90. The van der Waals surface area contributed by atoms with Gasteiger partial charge >= 0.3 is 0 Å². The van der Waals surface area contributed by atoms with Gasteiger partial charge in [-0.2, -0.15) is 0 Å². The lowest BCUT2D eigenvalue weighted by molar-refractivity contribution is 0.277. The first-order valence-electron chi connectivity index (χ1n) is 13.6. The van der Waals surface area contributed by atoms with Crippen LogP contribution < -0.4 is 9.47 Å². The first kappa shape index (κ1) is 30.3. The zero-order valence-corrected chi connectivity index (χ0v) is 23.1. The highest BCUT2D eigenvalue weighted by atomic mass is 16.5. The predicted molar refractivity (Wildman–Crippen MR) is 153 cm³/mol. The fourth-order valence-corrected chi connectivity index (χ4v) is 3.75. The van der Waals surface area contributed by atoms with Crippen LogP contribution in [0.4, 0.5) is 0 Å². The van der Waals surface area contributed by atoms with Gasteiger partial charge in [-0.1, -0.05) is 108 Å². The lowest BCUT2D eigenvalue weighted by atomic mass is 10.0. The quantitative estimate of drug-likeness (QED) is 0.274. The van der Waals surface area contributed by atoms with Gasteiger partial charge < -0.3 is 9.47 Å². The minimum absolute atomic E-state index is 0.673. The lowest BCUT2D eigenvalue weighted by Gasteiger charge is -2.10. The molecule has 0 unspecified atom stereocenters. The van der Waals surface area contributed by atoms with Crippen LogP contribution in [0.2, 0.25) is 0 Å². The van der Waals surface area contributed by atoms with Crippen LogP contribution >= 0.6 is 0 Å². The lowest BCUT2D eigenvalue weighted by Crippen LogP contribution is -1.99. The summed E-state index contributed by atoms with van der Waals surface area (Å²) < 4.78 is 10.9. The van der Waals surface area contributed by atoms with Crippen LogP contribution in [0.3, 0.4) is 0 Å². The van der Waals surface area contributed by atoms with Gasteiger partial charge in [-0.15, -0.1) is 0 Å². The second kappa shape index (κ2) is 19.6. The van der Waals surface area contributed by atoms with Crippen molar-refractivity contribution in [2.45, 2.75) is 86.5 Å². The number of aryl methyl sites for hydroxylation is 4. The van der Waals surface area contributed by atoms with Gasteiger partial charge in [0.15, 0.2) is 11.5 Å². The molecule has 3 aromatic carbocycles. The summed E-state index contributed by atoms with van der Waals surface area (Å²) >= 11 is 0. The van der Waals surface area contributed by atoms with Crippen molar-refractivity contribution < 1.29 is 9.47 Å². The van der Waals surface area contributed by atoms with E-state index in [1.807, 2.05) is 31.2 Å². The van der Waals surface area contributed by atoms with Crippen LogP contribution in [-0.2, 0) is 25.7 Å². The molecule has 0 amide bonds. The maximum atomic E-state index is 5.51. The van der Waals surface area contributed by atoms with E-state index in [2.05, 4.69) is 83.1 Å². The maximum Gasteiger partial charge on any atom is 0.161 e. The van der Waals surface area contributed by atoms with E-state index in [4.69, 9.17) is 9.47 Å².